The van der Waals surface area contributed by atoms with Crippen molar-refractivity contribution in [1.82, 2.24) is 4.90 Å². The number of anilines is 1. The highest BCUT2D eigenvalue weighted by Gasteiger charge is 2.16. The normalized spacial score (nSPS) is 14.7. The number of rotatable bonds is 4. The van der Waals surface area contributed by atoms with E-state index in [0.717, 1.165) is 25.9 Å². The summed E-state index contributed by atoms with van der Waals surface area (Å²) >= 11 is 5.96. The third kappa shape index (κ3) is 3.64. The highest BCUT2D eigenvalue weighted by molar-refractivity contribution is 6.32. The second-order valence-corrected chi connectivity index (χ2v) is 5.30. The second-order valence-electron chi connectivity index (χ2n) is 4.89. The molecule has 0 bridgehead atoms. The van der Waals surface area contributed by atoms with E-state index in [1.54, 1.807) is 18.2 Å². The number of hydrogen-bond acceptors (Lipinski definition) is 3. The molecule has 2 rings (SSSR count). The predicted octanol–water partition coefficient (Wildman–Crippen LogP) is 3.03. The number of hydrogen-bond donors (Lipinski definition) is 1. The van der Waals surface area contributed by atoms with Gasteiger partial charge in [0.1, 0.15) is 6.07 Å². The third-order valence-corrected chi connectivity index (χ3v) is 3.80. The maximum Gasteiger partial charge on any atom is 0.224 e. The molecule has 0 aromatic heterocycles. The fourth-order valence-electron chi connectivity index (χ4n) is 2.39. The second kappa shape index (κ2) is 7.16. The van der Waals surface area contributed by atoms with Gasteiger partial charge in [0.2, 0.25) is 5.91 Å². The van der Waals surface area contributed by atoms with E-state index in [2.05, 4.69) is 11.4 Å². The summed E-state index contributed by atoms with van der Waals surface area (Å²) in [4.78, 5) is 13.9. The van der Waals surface area contributed by atoms with Crippen LogP contribution in [-0.4, -0.2) is 30.4 Å². The molecule has 1 aromatic carbocycles. The molecule has 106 valence electrons. The van der Waals surface area contributed by atoms with Gasteiger partial charge >= 0.3 is 0 Å². The first-order valence-electron chi connectivity index (χ1n) is 6.92. The Hall–Kier alpha value is -1.73. The first-order chi connectivity index (χ1) is 9.72. The summed E-state index contributed by atoms with van der Waals surface area (Å²) in [7, 11) is 0. The minimum absolute atomic E-state index is 0.178. The number of nitrogens with one attached hydrogen (secondary N) is 1. The molecule has 1 amide bonds. The molecule has 0 aliphatic carbocycles. The number of amides is 1. The first kappa shape index (κ1) is 14.7. The Morgan fingerprint density at radius 3 is 2.80 bits per heavy atom. The van der Waals surface area contributed by atoms with Crippen LogP contribution in [0.1, 0.15) is 31.2 Å². The van der Waals surface area contributed by atoms with Crippen molar-refractivity contribution in [1.29, 1.82) is 5.26 Å². The van der Waals surface area contributed by atoms with Crippen molar-refractivity contribution in [3.63, 3.8) is 0 Å². The van der Waals surface area contributed by atoms with E-state index in [1.807, 2.05) is 4.90 Å². The standard InChI is InChI=1S/C15H18ClN3O/c16-13-5-4-6-14(12(13)11-17)18-8-7-15(20)19-9-2-1-3-10-19/h4-6,18H,1-3,7-10H2. The molecule has 1 aliphatic rings. The summed E-state index contributed by atoms with van der Waals surface area (Å²) in [6.45, 7) is 2.27. The van der Waals surface area contributed by atoms with Crippen molar-refractivity contribution >= 4 is 23.2 Å². The number of carbonyl (C=O) groups excluding carboxylic acids is 1. The molecule has 0 atom stereocenters. The molecule has 0 radical (unpaired) electrons. The van der Waals surface area contributed by atoms with Gasteiger partial charge in [-0.25, -0.2) is 0 Å². The molecule has 0 spiro atoms. The summed E-state index contributed by atoms with van der Waals surface area (Å²) < 4.78 is 0. The van der Waals surface area contributed by atoms with Crippen LogP contribution in [0.2, 0.25) is 5.02 Å². The van der Waals surface area contributed by atoms with Crippen molar-refractivity contribution in [3.8, 4) is 6.07 Å². The Morgan fingerprint density at radius 2 is 2.10 bits per heavy atom. The lowest BCUT2D eigenvalue weighted by molar-refractivity contribution is -0.131. The predicted molar refractivity (Wildman–Crippen MR) is 79.7 cm³/mol. The average molecular weight is 292 g/mol. The average Bonchev–Trinajstić information content (AvgIpc) is 2.48. The smallest absolute Gasteiger partial charge is 0.224 e. The van der Waals surface area contributed by atoms with Crippen molar-refractivity contribution < 1.29 is 4.79 Å². The first-order valence-corrected chi connectivity index (χ1v) is 7.30. The number of halogens is 1. The van der Waals surface area contributed by atoms with Crippen LogP contribution in [0.4, 0.5) is 5.69 Å². The fraction of sp³-hybridized carbons (Fsp3) is 0.467. The molecule has 1 N–H and O–H groups in total. The van der Waals surface area contributed by atoms with E-state index in [1.165, 1.54) is 6.42 Å². The molecule has 1 saturated heterocycles. The van der Waals surface area contributed by atoms with Gasteiger partial charge in [0.15, 0.2) is 0 Å². The quantitative estimate of drug-likeness (QED) is 0.928. The minimum atomic E-state index is 0.178. The zero-order valence-electron chi connectivity index (χ0n) is 11.4. The van der Waals surface area contributed by atoms with Crippen molar-refractivity contribution in [3.05, 3.63) is 28.8 Å². The summed E-state index contributed by atoms with van der Waals surface area (Å²) in [6.07, 6.45) is 3.87. The van der Waals surface area contributed by atoms with Gasteiger partial charge in [-0.05, 0) is 31.4 Å². The van der Waals surface area contributed by atoms with Crippen molar-refractivity contribution in [2.24, 2.45) is 0 Å². The van der Waals surface area contributed by atoms with Crippen LogP contribution in [0.25, 0.3) is 0 Å². The summed E-state index contributed by atoms with van der Waals surface area (Å²) in [5.41, 5.74) is 1.12. The zero-order chi connectivity index (χ0) is 14.4. The minimum Gasteiger partial charge on any atom is -0.383 e. The molecule has 1 fully saturated rings. The molecule has 5 heteroatoms. The highest BCUT2D eigenvalue weighted by atomic mass is 35.5. The maximum absolute atomic E-state index is 12.0. The van der Waals surface area contributed by atoms with Crippen molar-refractivity contribution in [2.75, 3.05) is 25.0 Å². The number of benzene rings is 1. The summed E-state index contributed by atoms with van der Waals surface area (Å²) in [5.74, 6) is 0.178. The van der Waals surface area contributed by atoms with Gasteiger partial charge in [-0.1, -0.05) is 17.7 Å². The largest absolute Gasteiger partial charge is 0.383 e. The van der Waals surface area contributed by atoms with Gasteiger partial charge in [-0.15, -0.1) is 0 Å². The molecule has 0 unspecified atom stereocenters. The zero-order valence-corrected chi connectivity index (χ0v) is 12.1. The van der Waals surface area contributed by atoms with Gasteiger partial charge in [-0.2, -0.15) is 5.26 Å². The van der Waals surface area contributed by atoms with E-state index >= 15 is 0 Å². The highest BCUT2D eigenvalue weighted by Crippen LogP contribution is 2.23. The van der Waals surface area contributed by atoms with Gasteiger partial charge in [0.25, 0.3) is 0 Å². The lowest BCUT2D eigenvalue weighted by atomic mass is 10.1. The lowest BCUT2D eigenvalue weighted by Gasteiger charge is -2.26. The number of piperidine rings is 1. The van der Waals surface area contributed by atoms with Crippen LogP contribution in [0.3, 0.4) is 0 Å². The van der Waals surface area contributed by atoms with E-state index in [4.69, 9.17) is 16.9 Å². The van der Waals surface area contributed by atoms with Crippen LogP contribution in [0.15, 0.2) is 18.2 Å². The fourth-order valence-corrected chi connectivity index (χ4v) is 2.61. The van der Waals surface area contributed by atoms with Crippen LogP contribution < -0.4 is 5.32 Å². The van der Waals surface area contributed by atoms with Crippen LogP contribution in [0.5, 0.6) is 0 Å². The van der Waals surface area contributed by atoms with E-state index in [0.29, 0.717) is 29.2 Å². The van der Waals surface area contributed by atoms with Crippen LogP contribution in [-0.2, 0) is 4.79 Å². The van der Waals surface area contributed by atoms with Crippen molar-refractivity contribution in [2.45, 2.75) is 25.7 Å². The Morgan fingerprint density at radius 1 is 1.35 bits per heavy atom. The third-order valence-electron chi connectivity index (χ3n) is 3.49. The van der Waals surface area contributed by atoms with Crippen LogP contribution >= 0.6 is 11.6 Å². The van der Waals surface area contributed by atoms with Gasteiger partial charge in [0.05, 0.1) is 16.3 Å². The summed E-state index contributed by atoms with van der Waals surface area (Å²) in [5, 5.41) is 12.6. The molecule has 1 aromatic rings. The number of carbonyl (C=O) groups is 1. The lowest BCUT2D eigenvalue weighted by Crippen LogP contribution is -2.36. The topological polar surface area (TPSA) is 56.1 Å². The monoisotopic (exact) mass is 291 g/mol. The molecule has 20 heavy (non-hydrogen) atoms. The number of nitrogens with zero attached hydrogens (tertiary/aromatic N) is 2. The molecular weight excluding hydrogens is 274 g/mol. The Labute approximate surface area is 124 Å². The number of likely N-dealkylation sites (tertiary alicyclic amines) is 1. The Bertz CT molecular complexity index is 518. The van der Waals surface area contributed by atoms with E-state index < -0.39 is 0 Å². The maximum atomic E-state index is 12.0. The Balaban J connectivity index is 1.85. The van der Waals surface area contributed by atoms with Gasteiger partial charge in [0, 0.05) is 26.1 Å². The molecule has 0 saturated carbocycles. The van der Waals surface area contributed by atoms with Crippen LogP contribution in [0, 0.1) is 11.3 Å². The Kier molecular flexibility index (Phi) is 5.25. The molecule has 1 heterocycles. The van der Waals surface area contributed by atoms with E-state index in [9.17, 15) is 4.79 Å². The molecule has 1 aliphatic heterocycles. The van der Waals surface area contributed by atoms with Gasteiger partial charge < -0.3 is 10.2 Å². The number of nitriles is 1. The molecule has 4 nitrogen and oxygen atoms in total. The van der Waals surface area contributed by atoms with Gasteiger partial charge in [-0.3, -0.25) is 4.79 Å². The molecular formula is C15H18ClN3O. The van der Waals surface area contributed by atoms with E-state index in [-0.39, 0.29) is 5.91 Å². The SMILES string of the molecule is N#Cc1c(Cl)cccc1NCCC(=O)N1CCCCC1. The summed E-state index contributed by atoms with van der Waals surface area (Å²) in [6, 6.07) is 7.35.